The van der Waals surface area contributed by atoms with Gasteiger partial charge in [0.2, 0.25) is 17.7 Å². The van der Waals surface area contributed by atoms with Crippen LogP contribution in [-0.2, 0) is 67.1 Å². The number of amides is 6. The summed E-state index contributed by atoms with van der Waals surface area (Å²) in [6.07, 6.45) is 2.65. The summed E-state index contributed by atoms with van der Waals surface area (Å²) in [4.78, 5) is 78.9. The van der Waals surface area contributed by atoms with E-state index in [1.165, 1.54) is 0 Å². The molecule has 0 spiro atoms. The minimum Gasteiger partial charge on any atom is -0.444 e. The number of nitrogens with one attached hydrogen (secondary N) is 6. The Morgan fingerprint density at radius 3 is 0.833 bits per heavy atom. The van der Waals surface area contributed by atoms with Crippen molar-refractivity contribution in [2.75, 3.05) is 19.6 Å². The van der Waals surface area contributed by atoms with Crippen molar-refractivity contribution in [1.29, 1.82) is 0 Å². The number of rotatable bonds is 24. The van der Waals surface area contributed by atoms with Gasteiger partial charge in [-0.05, 0) is 134 Å². The molecule has 0 aliphatic rings. The van der Waals surface area contributed by atoms with Crippen molar-refractivity contribution in [2.45, 2.75) is 155 Å². The SMILES string of the molecule is CC(C)(C)OC(=O)N[C@@H](Cc1ccccc1)C(=O)NCCCc1cc(CCCNC(=O)[C@H](Cc2ccccc2)NC(=O)OC(C)(C)C)cc(CCCNC(=O)[C@H](Cc2ccccc2)NC(=O)OC(C)(C)C)c1. The second-order valence-corrected chi connectivity index (χ2v) is 21.0. The van der Waals surface area contributed by atoms with Crippen molar-refractivity contribution >= 4 is 36.0 Å². The van der Waals surface area contributed by atoms with Crippen LogP contribution in [0.3, 0.4) is 0 Å². The van der Waals surface area contributed by atoms with Crippen LogP contribution in [0.15, 0.2) is 109 Å². The highest BCUT2D eigenvalue weighted by Gasteiger charge is 2.27. The number of hydrogen-bond acceptors (Lipinski definition) is 9. The number of alkyl carbamates (subject to hydrolysis) is 3. The van der Waals surface area contributed by atoms with Crippen LogP contribution in [0.25, 0.3) is 0 Å². The molecular weight excluding hydrogens is 913 g/mol. The Morgan fingerprint density at radius 2 is 0.611 bits per heavy atom. The Bertz CT molecular complexity index is 2070. The molecule has 0 aromatic heterocycles. The molecule has 6 N–H and O–H groups in total. The summed E-state index contributed by atoms with van der Waals surface area (Å²) in [5.74, 6) is -0.950. The van der Waals surface area contributed by atoms with Crippen molar-refractivity contribution in [2.24, 2.45) is 0 Å². The van der Waals surface area contributed by atoms with Gasteiger partial charge in [0, 0.05) is 38.9 Å². The van der Waals surface area contributed by atoms with E-state index < -0.39 is 53.2 Å². The molecule has 0 saturated heterocycles. The van der Waals surface area contributed by atoms with Gasteiger partial charge in [-0.3, -0.25) is 14.4 Å². The molecule has 4 aromatic carbocycles. The van der Waals surface area contributed by atoms with E-state index in [1.807, 2.05) is 91.0 Å². The van der Waals surface area contributed by atoms with Gasteiger partial charge in [0.1, 0.15) is 34.9 Å². The van der Waals surface area contributed by atoms with Gasteiger partial charge in [-0.15, -0.1) is 0 Å². The standard InChI is InChI=1S/C57H78N6O9/c1-55(2,3)70-52(67)61-46(37-40-22-13-10-14-23-40)49(64)58-31-19-28-43-34-44(29-20-32-59-50(65)47(38-41-24-15-11-16-25-41)62-53(68)71-56(4,5)6)36-45(35-43)30-21-33-60-51(66)48(39-42-26-17-12-18-27-42)63-54(69)72-57(7,8)9/h10-18,22-27,34-36,46-48H,19-21,28-33,37-39H2,1-9H3,(H,58,64)(H,59,65)(H,60,66)(H,61,67)(H,62,68)(H,63,69)/t46-,47-,48-/m0/s1. The van der Waals surface area contributed by atoms with Crippen molar-refractivity contribution in [3.8, 4) is 0 Å². The fourth-order valence-electron chi connectivity index (χ4n) is 7.68. The monoisotopic (exact) mass is 991 g/mol. The van der Waals surface area contributed by atoms with Crippen LogP contribution < -0.4 is 31.9 Å². The molecule has 0 fully saturated rings. The van der Waals surface area contributed by atoms with E-state index in [9.17, 15) is 28.8 Å². The molecule has 390 valence electrons. The summed E-state index contributed by atoms with van der Waals surface area (Å²) < 4.78 is 16.4. The molecule has 0 bridgehead atoms. The molecule has 72 heavy (non-hydrogen) atoms. The van der Waals surface area contributed by atoms with Gasteiger partial charge >= 0.3 is 18.3 Å². The maximum Gasteiger partial charge on any atom is 0.408 e. The first kappa shape index (κ1) is 57.7. The summed E-state index contributed by atoms with van der Waals surface area (Å²) in [5, 5.41) is 17.3. The Balaban J connectivity index is 1.43. The molecule has 0 saturated carbocycles. The maximum atomic E-state index is 13.5. The zero-order valence-electron chi connectivity index (χ0n) is 43.8. The summed E-state index contributed by atoms with van der Waals surface area (Å²) in [6, 6.07) is 32.3. The first-order valence-corrected chi connectivity index (χ1v) is 25.1. The summed E-state index contributed by atoms with van der Waals surface area (Å²) in [5.41, 5.74) is 3.68. The van der Waals surface area contributed by atoms with E-state index in [0.717, 1.165) is 33.4 Å². The van der Waals surface area contributed by atoms with E-state index in [1.54, 1.807) is 62.3 Å². The summed E-state index contributed by atoms with van der Waals surface area (Å²) >= 11 is 0. The summed E-state index contributed by atoms with van der Waals surface area (Å²) in [6.45, 7) is 17.0. The van der Waals surface area contributed by atoms with Gasteiger partial charge < -0.3 is 46.1 Å². The highest BCUT2D eigenvalue weighted by molar-refractivity contribution is 5.87. The number of hydrogen-bond donors (Lipinski definition) is 6. The molecular formula is C57H78N6O9. The smallest absolute Gasteiger partial charge is 0.408 e. The van der Waals surface area contributed by atoms with Gasteiger partial charge in [-0.2, -0.15) is 0 Å². The quantitative estimate of drug-likeness (QED) is 0.0295. The van der Waals surface area contributed by atoms with Crippen LogP contribution >= 0.6 is 0 Å². The van der Waals surface area contributed by atoms with Crippen molar-refractivity contribution < 1.29 is 43.0 Å². The number of carbonyl (C=O) groups excluding carboxylic acids is 6. The Morgan fingerprint density at radius 1 is 0.375 bits per heavy atom. The average molecular weight is 991 g/mol. The first-order chi connectivity index (χ1) is 34.0. The van der Waals surface area contributed by atoms with Crippen molar-refractivity contribution in [1.82, 2.24) is 31.9 Å². The van der Waals surface area contributed by atoms with Gasteiger partial charge in [-0.25, -0.2) is 14.4 Å². The second-order valence-electron chi connectivity index (χ2n) is 21.0. The lowest BCUT2D eigenvalue weighted by Gasteiger charge is -2.23. The van der Waals surface area contributed by atoms with Crippen LogP contribution in [0.2, 0.25) is 0 Å². The third-order valence-corrected chi connectivity index (χ3v) is 10.8. The highest BCUT2D eigenvalue weighted by atomic mass is 16.6. The lowest BCUT2D eigenvalue weighted by atomic mass is 9.97. The predicted molar refractivity (Wildman–Crippen MR) is 280 cm³/mol. The van der Waals surface area contributed by atoms with Crippen LogP contribution in [0.1, 0.15) is 115 Å². The van der Waals surface area contributed by atoms with Crippen molar-refractivity contribution in [3.05, 3.63) is 143 Å². The minimum atomic E-state index is -0.846. The topological polar surface area (TPSA) is 202 Å². The largest absolute Gasteiger partial charge is 0.444 e. The number of carbonyl (C=O) groups is 6. The Hall–Kier alpha value is -6.90. The lowest BCUT2D eigenvalue weighted by Crippen LogP contribution is -2.49. The van der Waals surface area contributed by atoms with E-state index in [0.29, 0.717) is 77.4 Å². The molecule has 15 heteroatoms. The van der Waals surface area contributed by atoms with Gasteiger partial charge in [0.15, 0.2) is 0 Å². The molecule has 4 rings (SSSR count). The van der Waals surface area contributed by atoms with Crippen molar-refractivity contribution in [3.63, 3.8) is 0 Å². The van der Waals surface area contributed by atoms with Crippen LogP contribution in [0.4, 0.5) is 14.4 Å². The normalized spacial score (nSPS) is 12.8. The fourth-order valence-corrected chi connectivity index (χ4v) is 7.68. The van der Waals surface area contributed by atoms with E-state index >= 15 is 0 Å². The molecule has 3 atom stereocenters. The molecule has 0 unspecified atom stereocenters. The fraction of sp³-hybridized carbons (Fsp3) is 0.474. The molecule has 0 radical (unpaired) electrons. The number of ether oxygens (including phenoxy) is 3. The number of aryl methyl sites for hydroxylation is 3. The third kappa shape index (κ3) is 23.8. The van der Waals surface area contributed by atoms with E-state index in [2.05, 4.69) is 50.1 Å². The molecule has 0 heterocycles. The van der Waals surface area contributed by atoms with Crippen LogP contribution in [0, 0.1) is 0 Å². The first-order valence-electron chi connectivity index (χ1n) is 25.1. The zero-order chi connectivity index (χ0) is 52.7. The second kappa shape index (κ2) is 28.2. The van der Waals surface area contributed by atoms with Gasteiger partial charge in [0.05, 0.1) is 0 Å². The Kier molecular flexibility index (Phi) is 22.6. The maximum absolute atomic E-state index is 13.5. The molecule has 0 aliphatic carbocycles. The molecule has 15 nitrogen and oxygen atoms in total. The van der Waals surface area contributed by atoms with Crippen LogP contribution in [-0.4, -0.2) is 90.6 Å². The zero-order valence-corrected chi connectivity index (χ0v) is 43.8. The molecule has 4 aromatic rings. The molecule has 6 amide bonds. The highest BCUT2D eigenvalue weighted by Crippen LogP contribution is 2.17. The minimum absolute atomic E-state index is 0.292. The predicted octanol–water partition coefficient (Wildman–Crippen LogP) is 8.24. The van der Waals surface area contributed by atoms with Gasteiger partial charge in [0.25, 0.3) is 0 Å². The van der Waals surface area contributed by atoms with Gasteiger partial charge in [-0.1, -0.05) is 109 Å². The number of benzene rings is 4. The van der Waals surface area contributed by atoms with E-state index in [-0.39, 0.29) is 17.7 Å². The molecule has 0 aliphatic heterocycles. The average Bonchev–Trinajstić information content (AvgIpc) is 3.29. The van der Waals surface area contributed by atoms with Crippen LogP contribution in [0.5, 0.6) is 0 Å². The third-order valence-electron chi connectivity index (χ3n) is 10.8. The van der Waals surface area contributed by atoms with E-state index in [4.69, 9.17) is 14.2 Å². The Labute approximate surface area is 426 Å². The summed E-state index contributed by atoms with van der Waals surface area (Å²) in [7, 11) is 0. The lowest BCUT2D eigenvalue weighted by molar-refractivity contribution is -0.123.